The molecule has 9 nitrogen and oxygen atoms in total. The maximum Gasteiger partial charge on any atom is 0.229 e. The predicted octanol–water partition coefficient (Wildman–Crippen LogP) is 2.51. The third kappa shape index (κ3) is 3.49. The lowest BCUT2D eigenvalue weighted by molar-refractivity contribution is 0.633. The second-order valence-electron chi connectivity index (χ2n) is 8.36. The number of H-pyrrole nitrogens is 1. The van der Waals surface area contributed by atoms with Crippen molar-refractivity contribution in [2.75, 3.05) is 47.4 Å². The Morgan fingerprint density at radius 1 is 0.909 bits per heavy atom. The first-order chi connectivity index (χ1) is 16.3. The molecule has 9 heteroatoms. The highest BCUT2D eigenvalue weighted by Gasteiger charge is 2.28. The summed E-state index contributed by atoms with van der Waals surface area (Å²) in [5.74, 6) is 2.42. The molecule has 1 N–H and O–H groups in total. The SMILES string of the molecule is N#Cc1cccnc1N1CCN(c2nc3c4c(n[nH]c4n2)CCN3Cc2ccccc2)CC1. The summed E-state index contributed by atoms with van der Waals surface area (Å²) in [4.78, 5) is 21.0. The maximum atomic E-state index is 9.41. The van der Waals surface area contributed by atoms with Crippen LogP contribution in [0.3, 0.4) is 0 Å². The Bertz CT molecular complexity index is 1330. The lowest BCUT2D eigenvalue weighted by Gasteiger charge is -2.36. The summed E-state index contributed by atoms with van der Waals surface area (Å²) in [5, 5.41) is 18.1. The Morgan fingerprint density at radius 2 is 1.73 bits per heavy atom. The smallest absolute Gasteiger partial charge is 0.229 e. The van der Waals surface area contributed by atoms with Gasteiger partial charge in [-0.25, -0.2) is 4.98 Å². The monoisotopic (exact) mass is 437 g/mol. The van der Waals surface area contributed by atoms with Gasteiger partial charge in [-0.3, -0.25) is 5.10 Å². The topological polar surface area (TPSA) is 101 Å². The Balaban J connectivity index is 1.28. The van der Waals surface area contributed by atoms with Crippen molar-refractivity contribution < 1.29 is 0 Å². The Hall–Kier alpha value is -4.19. The molecule has 1 fully saturated rings. The largest absolute Gasteiger partial charge is 0.352 e. The van der Waals surface area contributed by atoms with E-state index in [0.717, 1.165) is 74.1 Å². The number of aromatic amines is 1. The highest BCUT2D eigenvalue weighted by molar-refractivity contribution is 5.91. The second kappa shape index (κ2) is 8.06. The summed E-state index contributed by atoms with van der Waals surface area (Å²) in [6, 6.07) is 16.3. The van der Waals surface area contributed by atoms with Gasteiger partial charge in [0.15, 0.2) is 5.65 Å². The number of hydrogen-bond donors (Lipinski definition) is 1. The second-order valence-corrected chi connectivity index (χ2v) is 8.36. The minimum absolute atomic E-state index is 0.606. The molecule has 1 saturated heterocycles. The minimum Gasteiger partial charge on any atom is -0.352 e. The van der Waals surface area contributed by atoms with Crippen LogP contribution in [0.5, 0.6) is 0 Å². The molecule has 0 bridgehead atoms. The molecule has 2 aliphatic heterocycles. The highest BCUT2D eigenvalue weighted by Crippen LogP contribution is 2.33. The van der Waals surface area contributed by atoms with E-state index in [1.807, 2.05) is 12.1 Å². The summed E-state index contributed by atoms with van der Waals surface area (Å²) in [5.41, 5.74) is 3.70. The highest BCUT2D eigenvalue weighted by atomic mass is 15.4. The Kier molecular flexibility index (Phi) is 4.76. The van der Waals surface area contributed by atoms with Crippen LogP contribution in [-0.2, 0) is 13.0 Å². The Morgan fingerprint density at radius 3 is 2.55 bits per heavy atom. The van der Waals surface area contributed by atoms with E-state index in [-0.39, 0.29) is 0 Å². The van der Waals surface area contributed by atoms with Crippen LogP contribution in [-0.4, -0.2) is 57.9 Å². The molecule has 1 aromatic carbocycles. The van der Waals surface area contributed by atoms with Gasteiger partial charge in [0, 0.05) is 51.9 Å². The van der Waals surface area contributed by atoms with Crippen LogP contribution in [0.25, 0.3) is 11.0 Å². The lowest BCUT2D eigenvalue weighted by atomic mass is 10.1. The van der Waals surface area contributed by atoms with Crippen molar-refractivity contribution in [1.29, 1.82) is 5.26 Å². The third-order valence-corrected chi connectivity index (χ3v) is 6.37. The first-order valence-electron chi connectivity index (χ1n) is 11.2. The fraction of sp³-hybridized carbons (Fsp3) is 0.292. The molecule has 4 aromatic rings. The standard InChI is InChI=1S/C24H23N9/c25-15-18-7-4-9-26-22(18)31-11-13-32(14-12-31)24-27-21-20-19(29-30-21)8-10-33(23(20)28-24)16-17-5-2-1-3-6-17/h1-7,9H,8,10-14,16H2,(H,27,28,29,30). The summed E-state index contributed by atoms with van der Waals surface area (Å²) in [6.07, 6.45) is 2.62. The first kappa shape index (κ1) is 19.5. The number of aromatic nitrogens is 5. The molecule has 0 aliphatic carbocycles. The number of benzene rings is 1. The number of nitriles is 1. The predicted molar refractivity (Wildman–Crippen MR) is 126 cm³/mol. The van der Waals surface area contributed by atoms with Gasteiger partial charge < -0.3 is 14.7 Å². The van der Waals surface area contributed by atoms with Crippen molar-refractivity contribution in [1.82, 2.24) is 25.1 Å². The van der Waals surface area contributed by atoms with Crippen LogP contribution in [0.1, 0.15) is 16.8 Å². The van der Waals surface area contributed by atoms with Gasteiger partial charge in [-0.15, -0.1) is 0 Å². The van der Waals surface area contributed by atoms with Gasteiger partial charge in [0.2, 0.25) is 5.95 Å². The van der Waals surface area contributed by atoms with Crippen molar-refractivity contribution >= 4 is 28.6 Å². The van der Waals surface area contributed by atoms with Crippen molar-refractivity contribution in [3.05, 3.63) is 65.5 Å². The number of nitrogens with zero attached hydrogens (tertiary/aromatic N) is 8. The van der Waals surface area contributed by atoms with E-state index >= 15 is 0 Å². The molecule has 33 heavy (non-hydrogen) atoms. The van der Waals surface area contributed by atoms with E-state index < -0.39 is 0 Å². The number of piperazine rings is 1. The van der Waals surface area contributed by atoms with E-state index in [1.54, 1.807) is 12.3 Å². The molecule has 0 spiro atoms. The van der Waals surface area contributed by atoms with Gasteiger partial charge in [-0.2, -0.15) is 20.3 Å². The number of hydrogen-bond acceptors (Lipinski definition) is 8. The van der Waals surface area contributed by atoms with Crippen molar-refractivity contribution in [2.24, 2.45) is 0 Å². The molecule has 5 heterocycles. The average Bonchev–Trinajstić information content (AvgIpc) is 3.30. The van der Waals surface area contributed by atoms with Gasteiger partial charge in [-0.1, -0.05) is 30.3 Å². The first-order valence-corrected chi connectivity index (χ1v) is 11.2. The van der Waals surface area contributed by atoms with E-state index in [1.165, 1.54) is 5.56 Å². The number of rotatable bonds is 4. The quantitative estimate of drug-likeness (QED) is 0.520. The summed E-state index contributed by atoms with van der Waals surface area (Å²) in [7, 11) is 0. The average molecular weight is 438 g/mol. The molecule has 3 aromatic heterocycles. The van der Waals surface area contributed by atoms with Crippen LogP contribution in [0.2, 0.25) is 0 Å². The summed E-state index contributed by atoms with van der Waals surface area (Å²) < 4.78 is 0. The lowest BCUT2D eigenvalue weighted by Crippen LogP contribution is -2.47. The zero-order valence-corrected chi connectivity index (χ0v) is 18.1. The van der Waals surface area contributed by atoms with E-state index in [4.69, 9.17) is 9.97 Å². The number of nitrogens with one attached hydrogen (secondary N) is 1. The van der Waals surface area contributed by atoms with Crippen molar-refractivity contribution in [2.45, 2.75) is 13.0 Å². The van der Waals surface area contributed by atoms with Crippen LogP contribution < -0.4 is 14.7 Å². The van der Waals surface area contributed by atoms with Crippen LogP contribution in [0, 0.1) is 11.3 Å². The van der Waals surface area contributed by atoms with Crippen LogP contribution in [0.4, 0.5) is 17.6 Å². The Labute approximate surface area is 191 Å². The van der Waals surface area contributed by atoms with Crippen LogP contribution in [0.15, 0.2) is 48.7 Å². The molecule has 6 rings (SSSR count). The number of anilines is 3. The third-order valence-electron chi connectivity index (χ3n) is 6.37. The molecular weight excluding hydrogens is 414 g/mol. The van der Waals surface area contributed by atoms with Crippen LogP contribution >= 0.6 is 0 Å². The van der Waals surface area contributed by atoms with Gasteiger partial charge >= 0.3 is 0 Å². The number of pyridine rings is 1. The molecule has 2 aliphatic rings. The van der Waals surface area contributed by atoms with E-state index in [0.29, 0.717) is 11.5 Å². The molecular formula is C24H23N9. The molecule has 0 atom stereocenters. The minimum atomic E-state index is 0.606. The molecule has 164 valence electrons. The van der Waals surface area contributed by atoms with Gasteiger partial charge in [0.1, 0.15) is 17.7 Å². The van der Waals surface area contributed by atoms with Gasteiger partial charge in [0.05, 0.1) is 16.6 Å². The summed E-state index contributed by atoms with van der Waals surface area (Å²) in [6.45, 7) is 4.71. The molecule has 0 saturated carbocycles. The fourth-order valence-corrected chi connectivity index (χ4v) is 4.67. The van der Waals surface area contributed by atoms with Gasteiger partial charge in [-0.05, 0) is 17.7 Å². The maximum absolute atomic E-state index is 9.41. The summed E-state index contributed by atoms with van der Waals surface area (Å²) >= 11 is 0. The molecule has 0 unspecified atom stereocenters. The molecule has 0 amide bonds. The van der Waals surface area contributed by atoms with E-state index in [2.05, 4.69) is 60.2 Å². The zero-order valence-electron chi connectivity index (χ0n) is 18.1. The van der Waals surface area contributed by atoms with E-state index in [9.17, 15) is 5.26 Å². The van der Waals surface area contributed by atoms with Crippen molar-refractivity contribution in [3.8, 4) is 6.07 Å². The zero-order chi connectivity index (χ0) is 22.2. The normalized spacial score (nSPS) is 15.7. The van der Waals surface area contributed by atoms with Gasteiger partial charge in [0.25, 0.3) is 0 Å². The fourth-order valence-electron chi connectivity index (χ4n) is 4.67. The van der Waals surface area contributed by atoms with Crippen molar-refractivity contribution in [3.63, 3.8) is 0 Å². The molecule has 0 radical (unpaired) electrons.